The predicted octanol–water partition coefficient (Wildman–Crippen LogP) is -0.855. The lowest BCUT2D eigenvalue weighted by Crippen LogP contribution is -2.41. The Morgan fingerprint density at radius 2 is 2.00 bits per heavy atom. The molecule has 0 heterocycles. The fourth-order valence-corrected chi connectivity index (χ4v) is 1.63. The van der Waals surface area contributed by atoms with Gasteiger partial charge in [0.15, 0.2) is 0 Å². The molecule has 0 aromatic rings. The van der Waals surface area contributed by atoms with E-state index in [1.54, 1.807) is 14.0 Å². The van der Waals surface area contributed by atoms with E-state index in [1.165, 1.54) is 6.26 Å². The Morgan fingerprint density at radius 1 is 1.43 bits per heavy atom. The molecule has 0 bridgehead atoms. The second-order valence-corrected chi connectivity index (χ2v) is 5.53. The lowest BCUT2D eigenvalue weighted by molar-refractivity contribution is -0.122. The molecule has 1 unspecified atom stereocenters. The van der Waals surface area contributed by atoms with E-state index in [0.29, 0.717) is 13.0 Å². The van der Waals surface area contributed by atoms with Crippen LogP contribution >= 0.6 is 0 Å². The first kappa shape index (κ1) is 13.4. The smallest absolute Gasteiger partial charge is 0.236 e. The van der Waals surface area contributed by atoms with Crippen LogP contribution in [0.1, 0.15) is 13.3 Å². The van der Waals surface area contributed by atoms with Crippen molar-refractivity contribution in [3.8, 4) is 0 Å². The molecule has 2 N–H and O–H groups in total. The van der Waals surface area contributed by atoms with Gasteiger partial charge in [0.1, 0.15) is 9.84 Å². The fourth-order valence-electron chi connectivity index (χ4n) is 0.962. The molecule has 1 atom stereocenters. The third kappa shape index (κ3) is 6.85. The number of carbonyl (C=O) groups is 1. The van der Waals surface area contributed by atoms with Crippen molar-refractivity contribution < 1.29 is 13.2 Å². The molecule has 0 spiro atoms. The van der Waals surface area contributed by atoms with Gasteiger partial charge in [-0.3, -0.25) is 4.79 Å². The van der Waals surface area contributed by atoms with E-state index in [4.69, 9.17) is 0 Å². The Morgan fingerprint density at radius 3 is 2.43 bits per heavy atom. The average molecular weight is 222 g/mol. The molecule has 0 aliphatic heterocycles. The van der Waals surface area contributed by atoms with E-state index < -0.39 is 9.84 Å². The van der Waals surface area contributed by atoms with E-state index in [9.17, 15) is 13.2 Å². The quantitative estimate of drug-likeness (QED) is 0.574. The highest BCUT2D eigenvalue weighted by Gasteiger charge is 2.09. The van der Waals surface area contributed by atoms with Crippen molar-refractivity contribution in [2.45, 2.75) is 19.4 Å². The molecule has 14 heavy (non-hydrogen) atoms. The Balaban J connectivity index is 3.60. The van der Waals surface area contributed by atoms with E-state index in [2.05, 4.69) is 10.6 Å². The highest BCUT2D eigenvalue weighted by atomic mass is 32.2. The maximum atomic E-state index is 11.0. The van der Waals surface area contributed by atoms with Crippen molar-refractivity contribution in [3.63, 3.8) is 0 Å². The number of hydrogen-bond donors (Lipinski definition) is 2. The summed E-state index contributed by atoms with van der Waals surface area (Å²) in [6.45, 7) is 2.26. The van der Waals surface area contributed by atoms with E-state index in [-0.39, 0.29) is 17.7 Å². The fraction of sp³-hybridized carbons (Fsp3) is 0.875. The molecule has 0 saturated heterocycles. The van der Waals surface area contributed by atoms with Crippen LogP contribution in [0.2, 0.25) is 0 Å². The normalized spacial score (nSPS) is 13.6. The predicted molar refractivity (Wildman–Crippen MR) is 55.9 cm³/mol. The first-order chi connectivity index (χ1) is 6.37. The molecule has 0 aromatic carbocycles. The Labute approximate surface area is 85.2 Å². The van der Waals surface area contributed by atoms with Crippen molar-refractivity contribution in [2.75, 3.05) is 25.6 Å². The van der Waals surface area contributed by atoms with Gasteiger partial charge in [-0.25, -0.2) is 8.42 Å². The minimum atomic E-state index is -2.89. The third-order valence-electron chi connectivity index (χ3n) is 1.78. The lowest BCUT2D eigenvalue weighted by atomic mass is 10.3. The zero-order valence-corrected chi connectivity index (χ0v) is 9.65. The van der Waals surface area contributed by atoms with Crippen molar-refractivity contribution >= 4 is 15.7 Å². The molecule has 6 heteroatoms. The minimum absolute atomic E-state index is 0.0932. The van der Waals surface area contributed by atoms with Gasteiger partial charge in [-0.05, 0) is 19.9 Å². The Hall–Kier alpha value is -0.620. The SMILES string of the molecule is CNC(=O)C(C)NCCCS(C)(=O)=O. The zero-order valence-electron chi connectivity index (χ0n) is 8.83. The van der Waals surface area contributed by atoms with Gasteiger partial charge in [-0.2, -0.15) is 0 Å². The van der Waals surface area contributed by atoms with Gasteiger partial charge in [-0.1, -0.05) is 0 Å². The molecule has 0 aliphatic carbocycles. The van der Waals surface area contributed by atoms with Crippen LogP contribution < -0.4 is 10.6 Å². The lowest BCUT2D eigenvalue weighted by Gasteiger charge is -2.11. The molecule has 0 saturated carbocycles. The number of carbonyl (C=O) groups excluding carboxylic acids is 1. The van der Waals surface area contributed by atoms with Crippen LogP contribution in [0.4, 0.5) is 0 Å². The minimum Gasteiger partial charge on any atom is -0.358 e. The molecule has 1 amide bonds. The van der Waals surface area contributed by atoms with Crippen molar-refractivity contribution in [1.82, 2.24) is 10.6 Å². The van der Waals surface area contributed by atoms with Gasteiger partial charge >= 0.3 is 0 Å². The van der Waals surface area contributed by atoms with Gasteiger partial charge < -0.3 is 10.6 Å². The van der Waals surface area contributed by atoms with Gasteiger partial charge in [0.05, 0.1) is 11.8 Å². The van der Waals surface area contributed by atoms with Crippen molar-refractivity contribution in [2.24, 2.45) is 0 Å². The summed E-state index contributed by atoms with van der Waals surface area (Å²) in [5.41, 5.74) is 0. The zero-order chi connectivity index (χ0) is 11.2. The van der Waals surface area contributed by atoms with Crippen LogP contribution in [-0.2, 0) is 14.6 Å². The van der Waals surface area contributed by atoms with Crippen LogP contribution in [0.15, 0.2) is 0 Å². The van der Waals surface area contributed by atoms with Crippen molar-refractivity contribution in [3.05, 3.63) is 0 Å². The first-order valence-electron chi connectivity index (χ1n) is 4.49. The molecule has 0 fully saturated rings. The standard InChI is InChI=1S/C8H18N2O3S/c1-7(8(11)9-2)10-5-4-6-14(3,12)13/h7,10H,4-6H2,1-3H3,(H,9,11). The highest BCUT2D eigenvalue weighted by Crippen LogP contribution is 1.88. The summed E-state index contributed by atoms with van der Waals surface area (Å²) in [7, 11) is -1.32. The van der Waals surface area contributed by atoms with Gasteiger partial charge in [0.25, 0.3) is 0 Å². The molecule has 5 nitrogen and oxygen atoms in total. The molecule has 0 rings (SSSR count). The number of rotatable bonds is 6. The third-order valence-corrected chi connectivity index (χ3v) is 2.81. The van der Waals surface area contributed by atoms with Crippen LogP contribution in [-0.4, -0.2) is 46.0 Å². The van der Waals surface area contributed by atoms with Gasteiger partial charge in [-0.15, -0.1) is 0 Å². The summed E-state index contributed by atoms with van der Waals surface area (Å²) in [5.74, 6) is 0.0600. The molecule has 84 valence electrons. The van der Waals surface area contributed by atoms with E-state index in [1.807, 2.05) is 0 Å². The summed E-state index contributed by atoms with van der Waals surface area (Å²) < 4.78 is 21.5. The second kappa shape index (κ2) is 5.98. The number of amides is 1. The van der Waals surface area contributed by atoms with Crippen LogP contribution in [0.25, 0.3) is 0 Å². The highest BCUT2D eigenvalue weighted by molar-refractivity contribution is 7.90. The van der Waals surface area contributed by atoms with Gasteiger partial charge in [0.2, 0.25) is 5.91 Å². The Kier molecular flexibility index (Phi) is 5.71. The van der Waals surface area contributed by atoms with Crippen molar-refractivity contribution in [1.29, 1.82) is 0 Å². The van der Waals surface area contributed by atoms with E-state index in [0.717, 1.165) is 0 Å². The average Bonchev–Trinajstić information content (AvgIpc) is 2.09. The number of nitrogens with one attached hydrogen (secondary N) is 2. The second-order valence-electron chi connectivity index (χ2n) is 3.27. The molecular formula is C8H18N2O3S. The van der Waals surface area contributed by atoms with Crippen LogP contribution in [0.3, 0.4) is 0 Å². The molecule has 0 radical (unpaired) electrons. The summed E-state index contributed by atoms with van der Waals surface area (Å²) in [4.78, 5) is 11.0. The topological polar surface area (TPSA) is 75.3 Å². The molecular weight excluding hydrogens is 204 g/mol. The van der Waals surface area contributed by atoms with E-state index >= 15 is 0 Å². The number of sulfone groups is 1. The monoisotopic (exact) mass is 222 g/mol. The summed E-state index contributed by atoms with van der Waals surface area (Å²) >= 11 is 0. The summed E-state index contributed by atoms with van der Waals surface area (Å²) in [5, 5.41) is 5.43. The number of likely N-dealkylation sites (N-methyl/N-ethyl adjacent to an activating group) is 1. The summed E-state index contributed by atoms with van der Waals surface area (Å²) in [6, 6.07) is -0.278. The van der Waals surface area contributed by atoms with Crippen LogP contribution in [0, 0.1) is 0 Å². The van der Waals surface area contributed by atoms with Crippen LogP contribution in [0.5, 0.6) is 0 Å². The number of hydrogen-bond acceptors (Lipinski definition) is 4. The maximum absolute atomic E-state index is 11.0. The summed E-state index contributed by atoms with van der Waals surface area (Å²) in [6.07, 6.45) is 1.73. The largest absolute Gasteiger partial charge is 0.358 e. The Bertz CT molecular complexity index is 274. The maximum Gasteiger partial charge on any atom is 0.236 e. The molecule has 0 aliphatic rings. The molecule has 0 aromatic heterocycles. The first-order valence-corrected chi connectivity index (χ1v) is 6.55. The van der Waals surface area contributed by atoms with Gasteiger partial charge in [0, 0.05) is 13.3 Å².